The highest BCUT2D eigenvalue weighted by molar-refractivity contribution is 7.22. The number of carboxylic acids is 2. The van der Waals surface area contributed by atoms with Crippen molar-refractivity contribution in [2.75, 3.05) is 5.32 Å². The van der Waals surface area contributed by atoms with Gasteiger partial charge in [0.05, 0.1) is 10.6 Å². The number of hydrogen-bond donors (Lipinski definition) is 3. The van der Waals surface area contributed by atoms with Gasteiger partial charge in [-0.15, -0.1) is 0 Å². The molecule has 1 amide bonds. The molecule has 0 radical (unpaired) electrons. The molecule has 1 aliphatic carbocycles. The first kappa shape index (κ1) is 30.3. The molecule has 4 rings (SSSR count). The smallest absolute Gasteiger partial charge is 0.475 e. The number of aryl methyl sites for hydroxylation is 1. The van der Waals surface area contributed by atoms with Crippen LogP contribution in [0.4, 0.5) is 40.3 Å². The number of halogens is 8. The Labute approximate surface area is 210 Å². The lowest BCUT2D eigenvalue weighted by molar-refractivity contribution is -0.193. The number of aromatic nitrogens is 2. The summed E-state index contributed by atoms with van der Waals surface area (Å²) in [6, 6.07) is 5.10. The molecular weight excluding hydrogens is 558 g/mol. The molecule has 1 aliphatic rings. The Balaban J connectivity index is 0.000000301. The van der Waals surface area contributed by atoms with Gasteiger partial charge in [0.15, 0.2) is 10.9 Å². The van der Waals surface area contributed by atoms with Gasteiger partial charge in [0.2, 0.25) is 5.91 Å². The van der Waals surface area contributed by atoms with Gasteiger partial charge >= 0.3 is 24.3 Å². The second-order valence-corrected chi connectivity index (χ2v) is 8.50. The molecule has 2 heterocycles. The maximum absolute atomic E-state index is 14.4. The quantitative estimate of drug-likeness (QED) is 0.360. The molecule has 0 saturated heterocycles. The van der Waals surface area contributed by atoms with Crippen molar-refractivity contribution >= 4 is 44.5 Å². The molecule has 0 unspecified atom stereocenters. The highest BCUT2D eigenvalue weighted by atomic mass is 32.1. The zero-order valence-corrected chi connectivity index (χ0v) is 19.5. The number of rotatable bonds is 3. The van der Waals surface area contributed by atoms with Crippen molar-refractivity contribution in [1.82, 2.24) is 9.97 Å². The second-order valence-electron chi connectivity index (χ2n) is 7.47. The summed E-state index contributed by atoms with van der Waals surface area (Å²) in [4.78, 5) is 37.8. The number of alkyl halides is 7. The third-order valence-electron chi connectivity index (χ3n) is 4.56. The number of aliphatic carboxylic acids is 2. The minimum Gasteiger partial charge on any atom is -0.475 e. The summed E-state index contributed by atoms with van der Waals surface area (Å²) >= 11 is 1.17. The van der Waals surface area contributed by atoms with E-state index in [-0.39, 0.29) is 17.1 Å². The number of nitrogens with zero attached hydrogens (tertiary/aromatic N) is 2. The van der Waals surface area contributed by atoms with E-state index in [1.54, 1.807) is 12.4 Å². The Morgan fingerprint density at radius 2 is 1.58 bits per heavy atom. The standard InChI is InChI=1S/C17H13F2N3OS.2C2HF3O2/c1-8-2-3-20-7-11(8)9-4-13(19)15-14(5-9)24-17(21-15)22-16(23)10-6-12(10)18;2*3-2(4,5)1(6)7/h2-5,7,10,12H,6H2,1H3,(H,21,22,23);2*(H,6,7)/t10-,12+;;/m1../s1. The normalized spacial score (nSPS) is 16.4. The molecule has 1 fully saturated rings. The maximum Gasteiger partial charge on any atom is 0.490 e. The number of hydrogen-bond acceptors (Lipinski definition) is 6. The Kier molecular flexibility index (Phi) is 9.31. The topological polar surface area (TPSA) is 129 Å². The Hall–Kier alpha value is -3.89. The van der Waals surface area contributed by atoms with Gasteiger partial charge in [-0.05, 0) is 42.7 Å². The van der Waals surface area contributed by atoms with Crippen LogP contribution >= 0.6 is 11.3 Å². The van der Waals surface area contributed by atoms with E-state index in [0.717, 1.165) is 11.1 Å². The van der Waals surface area contributed by atoms with Gasteiger partial charge in [0, 0.05) is 18.0 Å². The van der Waals surface area contributed by atoms with Crippen molar-refractivity contribution in [1.29, 1.82) is 0 Å². The molecule has 1 saturated carbocycles. The average Bonchev–Trinajstić information content (AvgIpc) is 3.38. The number of fused-ring (bicyclic) bond motifs is 1. The van der Waals surface area contributed by atoms with Crippen LogP contribution in [0.5, 0.6) is 0 Å². The summed E-state index contributed by atoms with van der Waals surface area (Å²) in [5.74, 6) is -6.97. The lowest BCUT2D eigenvalue weighted by atomic mass is 10.0. The third-order valence-corrected chi connectivity index (χ3v) is 5.48. The Bertz CT molecular complexity index is 1320. The lowest BCUT2D eigenvalue weighted by Crippen LogP contribution is -2.21. The molecule has 8 nitrogen and oxygen atoms in total. The van der Waals surface area contributed by atoms with Gasteiger partial charge in [-0.1, -0.05) is 11.3 Å². The Morgan fingerprint density at radius 1 is 1.05 bits per heavy atom. The fraction of sp³-hybridized carbons (Fsp3) is 0.286. The monoisotopic (exact) mass is 573 g/mol. The highest BCUT2D eigenvalue weighted by Crippen LogP contribution is 2.37. The average molecular weight is 573 g/mol. The van der Waals surface area contributed by atoms with Gasteiger partial charge < -0.3 is 15.5 Å². The second kappa shape index (κ2) is 11.7. The summed E-state index contributed by atoms with van der Waals surface area (Å²) in [5.41, 5.74) is 2.74. The van der Waals surface area contributed by atoms with Crippen LogP contribution in [0.15, 0.2) is 30.6 Å². The van der Waals surface area contributed by atoms with Crippen molar-refractivity contribution in [2.24, 2.45) is 5.92 Å². The van der Waals surface area contributed by atoms with Crippen LogP contribution in [0.3, 0.4) is 0 Å². The third kappa shape index (κ3) is 8.32. The van der Waals surface area contributed by atoms with E-state index < -0.39 is 48.1 Å². The van der Waals surface area contributed by atoms with Crippen molar-refractivity contribution < 1.29 is 59.7 Å². The van der Waals surface area contributed by atoms with Gasteiger partial charge in [0.1, 0.15) is 11.7 Å². The van der Waals surface area contributed by atoms with E-state index in [9.17, 15) is 39.9 Å². The number of carbonyl (C=O) groups excluding carboxylic acids is 1. The Morgan fingerprint density at radius 3 is 2.03 bits per heavy atom. The van der Waals surface area contributed by atoms with Crippen molar-refractivity contribution in [3.05, 3.63) is 42.0 Å². The van der Waals surface area contributed by atoms with Crippen molar-refractivity contribution in [3.63, 3.8) is 0 Å². The summed E-state index contributed by atoms with van der Waals surface area (Å²) in [7, 11) is 0. The van der Waals surface area contributed by atoms with E-state index in [4.69, 9.17) is 19.8 Å². The van der Waals surface area contributed by atoms with E-state index in [0.29, 0.717) is 10.3 Å². The van der Waals surface area contributed by atoms with Crippen LogP contribution in [-0.4, -0.2) is 56.6 Å². The molecule has 1 aromatic carbocycles. The zero-order chi connectivity index (χ0) is 29.0. The van der Waals surface area contributed by atoms with E-state index in [1.165, 1.54) is 17.4 Å². The maximum atomic E-state index is 14.4. The minimum absolute atomic E-state index is 0.202. The van der Waals surface area contributed by atoms with E-state index >= 15 is 0 Å². The number of nitrogens with one attached hydrogen (secondary N) is 1. The first-order valence-electron chi connectivity index (χ1n) is 9.98. The molecule has 3 N–H and O–H groups in total. The first-order valence-corrected chi connectivity index (χ1v) is 10.8. The van der Waals surface area contributed by atoms with Crippen LogP contribution in [0, 0.1) is 18.7 Å². The van der Waals surface area contributed by atoms with Crippen molar-refractivity contribution in [2.45, 2.75) is 31.9 Å². The summed E-state index contributed by atoms with van der Waals surface area (Å²) in [6.45, 7) is 1.93. The number of benzene rings is 1. The molecule has 0 aliphatic heterocycles. The molecule has 2 atom stereocenters. The molecule has 0 spiro atoms. The van der Waals surface area contributed by atoms with Gasteiger partial charge in [-0.3, -0.25) is 9.78 Å². The number of amides is 1. The molecule has 206 valence electrons. The minimum atomic E-state index is -5.08. The van der Waals surface area contributed by atoms with Crippen LogP contribution in [0.2, 0.25) is 0 Å². The number of carbonyl (C=O) groups is 3. The molecular formula is C21H15F8N3O5S. The number of carboxylic acid groups (broad SMARTS) is 2. The predicted octanol–water partition coefficient (Wildman–Crippen LogP) is 5.37. The van der Waals surface area contributed by atoms with Crippen LogP contribution < -0.4 is 5.32 Å². The van der Waals surface area contributed by atoms with Gasteiger partial charge in [-0.25, -0.2) is 23.4 Å². The fourth-order valence-electron chi connectivity index (χ4n) is 2.60. The van der Waals surface area contributed by atoms with Crippen molar-refractivity contribution in [3.8, 4) is 11.1 Å². The van der Waals surface area contributed by atoms with E-state index in [1.807, 2.05) is 19.1 Å². The fourth-order valence-corrected chi connectivity index (χ4v) is 3.52. The van der Waals surface area contributed by atoms with Crippen LogP contribution in [-0.2, 0) is 14.4 Å². The molecule has 38 heavy (non-hydrogen) atoms. The summed E-state index contributed by atoms with van der Waals surface area (Å²) < 4.78 is 91.4. The molecule has 3 aromatic rings. The molecule has 2 aromatic heterocycles. The van der Waals surface area contributed by atoms with Crippen LogP contribution in [0.1, 0.15) is 12.0 Å². The lowest BCUT2D eigenvalue weighted by Gasteiger charge is -2.05. The van der Waals surface area contributed by atoms with Gasteiger partial charge in [-0.2, -0.15) is 26.3 Å². The number of anilines is 1. The number of pyridine rings is 1. The van der Waals surface area contributed by atoms with Gasteiger partial charge in [0.25, 0.3) is 0 Å². The zero-order valence-electron chi connectivity index (χ0n) is 18.7. The summed E-state index contributed by atoms with van der Waals surface area (Å²) in [5, 5.41) is 17.1. The highest BCUT2D eigenvalue weighted by Gasteiger charge is 2.44. The van der Waals surface area contributed by atoms with Crippen LogP contribution in [0.25, 0.3) is 21.3 Å². The predicted molar refractivity (Wildman–Crippen MR) is 117 cm³/mol. The number of thiazole rings is 1. The summed E-state index contributed by atoms with van der Waals surface area (Å²) in [6.07, 6.45) is -7.62. The van der Waals surface area contributed by atoms with E-state index in [2.05, 4.69) is 15.3 Å². The molecule has 0 bridgehead atoms. The first-order chi connectivity index (χ1) is 17.4. The molecule has 17 heteroatoms. The largest absolute Gasteiger partial charge is 0.490 e. The SMILES string of the molecule is Cc1ccncc1-c1cc(F)c2nc(NC(=O)[C@@H]3C[C@@H]3F)sc2c1.O=C(O)C(F)(F)F.O=C(O)C(F)(F)F.